The first-order valence-corrected chi connectivity index (χ1v) is 14.0. The highest BCUT2D eigenvalue weighted by Gasteiger charge is 2.17. The van der Waals surface area contributed by atoms with Crippen molar-refractivity contribution in [2.24, 2.45) is 0 Å². The lowest BCUT2D eigenvalue weighted by molar-refractivity contribution is 0.443. The van der Waals surface area contributed by atoms with Gasteiger partial charge >= 0.3 is 0 Å². The van der Waals surface area contributed by atoms with E-state index >= 15 is 0 Å². The molecule has 6 rings (SSSR count). The fraction of sp³-hybridized carbons (Fsp3) is 0.167. The molecule has 5 aromatic carbocycles. The highest BCUT2D eigenvalue weighted by molar-refractivity contribution is 5.71. The van der Waals surface area contributed by atoms with E-state index in [0.29, 0.717) is 22.6 Å². The summed E-state index contributed by atoms with van der Waals surface area (Å²) in [6.07, 6.45) is 6.25. The van der Waals surface area contributed by atoms with Crippen LogP contribution >= 0.6 is 0 Å². The summed E-state index contributed by atoms with van der Waals surface area (Å²) in [4.78, 5) is 0. The third-order valence-electron chi connectivity index (χ3n) is 7.68. The summed E-state index contributed by atoms with van der Waals surface area (Å²) in [5.74, 6) is -8.02. The Morgan fingerprint density at radius 1 is 0.395 bits per heavy atom. The van der Waals surface area contributed by atoms with E-state index in [1.165, 1.54) is 49.8 Å². The highest BCUT2D eigenvalue weighted by atomic mass is 19.2. The first-order chi connectivity index (χ1) is 20.7. The Morgan fingerprint density at radius 3 is 1.40 bits per heavy atom. The summed E-state index contributed by atoms with van der Waals surface area (Å²) in [6.45, 7) is 0. The molecule has 0 amide bonds. The lowest BCUT2D eigenvalue weighted by atomic mass is 9.84. The minimum atomic E-state index is -1.56. The predicted octanol–water partition coefficient (Wildman–Crippen LogP) is 11.4. The van der Waals surface area contributed by atoms with Crippen LogP contribution in [0.3, 0.4) is 0 Å². The van der Waals surface area contributed by atoms with Gasteiger partial charge in [0.1, 0.15) is 5.82 Å². The monoisotopic (exact) mass is 592 g/mol. The molecule has 1 saturated carbocycles. The quantitative estimate of drug-likeness (QED) is 0.144. The van der Waals surface area contributed by atoms with Crippen LogP contribution in [0.25, 0.3) is 33.4 Å². The van der Waals surface area contributed by atoms with Crippen LogP contribution in [0, 0.1) is 40.7 Å². The van der Waals surface area contributed by atoms with Gasteiger partial charge < -0.3 is 0 Å². The Balaban J connectivity index is 0.000000171. The molecule has 0 radical (unpaired) electrons. The van der Waals surface area contributed by atoms with E-state index in [1.807, 2.05) is 54.6 Å². The summed E-state index contributed by atoms with van der Waals surface area (Å²) in [5, 5.41) is 0. The van der Waals surface area contributed by atoms with E-state index in [-0.39, 0.29) is 11.1 Å². The zero-order valence-electron chi connectivity index (χ0n) is 23.0. The second-order valence-electron chi connectivity index (χ2n) is 10.5. The fourth-order valence-corrected chi connectivity index (χ4v) is 5.38. The van der Waals surface area contributed by atoms with Crippen LogP contribution < -0.4 is 0 Å². The number of hydrogen-bond donors (Lipinski definition) is 0. The fourth-order valence-electron chi connectivity index (χ4n) is 5.38. The zero-order valence-corrected chi connectivity index (χ0v) is 23.0. The van der Waals surface area contributed by atoms with Crippen LogP contribution in [-0.4, -0.2) is 0 Å². The molecule has 220 valence electrons. The van der Waals surface area contributed by atoms with E-state index < -0.39 is 40.7 Å². The minimum absolute atomic E-state index is 0.0116. The van der Waals surface area contributed by atoms with E-state index in [0.717, 1.165) is 29.8 Å². The molecule has 0 N–H and O–H groups in total. The van der Waals surface area contributed by atoms with E-state index in [9.17, 15) is 30.7 Å². The Kier molecular flexibility index (Phi) is 9.29. The summed E-state index contributed by atoms with van der Waals surface area (Å²) in [5.41, 5.74) is 3.77. The van der Waals surface area contributed by atoms with Crippen LogP contribution in [-0.2, 0) is 0 Å². The van der Waals surface area contributed by atoms with Crippen LogP contribution in [0.15, 0.2) is 97.1 Å². The number of benzene rings is 5. The van der Waals surface area contributed by atoms with Crippen molar-refractivity contribution in [2.45, 2.75) is 38.0 Å². The molecule has 0 aliphatic heterocycles. The number of hydrogen-bond acceptors (Lipinski definition) is 0. The molecule has 1 aliphatic rings. The molecule has 0 nitrogen and oxygen atoms in total. The zero-order chi connectivity index (χ0) is 30.5. The van der Waals surface area contributed by atoms with Crippen LogP contribution in [0.2, 0.25) is 0 Å². The summed E-state index contributed by atoms with van der Waals surface area (Å²) in [6, 6.07) is 24.9. The average molecular weight is 593 g/mol. The third-order valence-corrected chi connectivity index (χ3v) is 7.68. The minimum Gasteiger partial charge on any atom is -0.206 e. The number of halogens is 7. The first kappa shape index (κ1) is 30.1. The SMILES string of the molecule is Fc1cc(-c2ccc(C3CCCCC3)cc2)cc(F)c1F.Fc1cc(-c2ccccc2)ccc1-c1cc(F)c(F)c(F)c1. The molecule has 1 aliphatic carbocycles. The molecule has 0 heterocycles. The molecule has 5 aromatic rings. The predicted molar refractivity (Wildman–Crippen MR) is 155 cm³/mol. The summed E-state index contributed by atoms with van der Waals surface area (Å²) in [7, 11) is 0. The molecule has 0 unspecified atom stereocenters. The van der Waals surface area contributed by atoms with Crippen molar-refractivity contribution in [3.05, 3.63) is 143 Å². The van der Waals surface area contributed by atoms with Crippen molar-refractivity contribution < 1.29 is 30.7 Å². The van der Waals surface area contributed by atoms with Crippen molar-refractivity contribution in [3.63, 3.8) is 0 Å². The van der Waals surface area contributed by atoms with Crippen molar-refractivity contribution in [3.8, 4) is 33.4 Å². The van der Waals surface area contributed by atoms with Gasteiger partial charge in [0.25, 0.3) is 0 Å². The molecule has 43 heavy (non-hydrogen) atoms. The van der Waals surface area contributed by atoms with Crippen molar-refractivity contribution in [2.75, 3.05) is 0 Å². The molecular weight excluding hydrogens is 565 g/mol. The third kappa shape index (κ3) is 6.99. The first-order valence-electron chi connectivity index (χ1n) is 14.0. The van der Waals surface area contributed by atoms with Crippen LogP contribution in [0.1, 0.15) is 43.6 Å². The van der Waals surface area contributed by atoms with Crippen molar-refractivity contribution >= 4 is 0 Å². The summed E-state index contributed by atoms with van der Waals surface area (Å²) < 4.78 is 93.3. The van der Waals surface area contributed by atoms with Crippen LogP contribution in [0.4, 0.5) is 30.7 Å². The van der Waals surface area contributed by atoms with Crippen molar-refractivity contribution in [1.82, 2.24) is 0 Å². The van der Waals surface area contributed by atoms with E-state index in [2.05, 4.69) is 0 Å². The second-order valence-corrected chi connectivity index (χ2v) is 10.5. The maximum atomic E-state index is 14.2. The Labute approximate surface area is 245 Å². The molecule has 7 heteroatoms. The molecule has 0 bridgehead atoms. The molecular formula is C36H27F7. The van der Waals surface area contributed by atoms with Gasteiger partial charge in [-0.3, -0.25) is 0 Å². The van der Waals surface area contributed by atoms with Gasteiger partial charge in [0.2, 0.25) is 0 Å². The molecule has 0 saturated heterocycles. The number of rotatable bonds is 4. The average Bonchev–Trinajstić information content (AvgIpc) is 3.03. The normalized spacial score (nSPS) is 13.4. The second kappa shape index (κ2) is 13.3. The topological polar surface area (TPSA) is 0 Å². The molecule has 0 aromatic heterocycles. The largest absolute Gasteiger partial charge is 0.206 e. The van der Waals surface area contributed by atoms with Gasteiger partial charge in [-0.1, -0.05) is 86.0 Å². The maximum Gasteiger partial charge on any atom is 0.194 e. The molecule has 1 fully saturated rings. The van der Waals surface area contributed by atoms with Gasteiger partial charge in [0.05, 0.1) is 0 Å². The standard InChI is InChI=1S/C18H10F4.C18H17F3/c19-15-8-12(11-4-2-1-3-5-11)6-7-14(15)13-9-16(20)18(22)17(21)10-13;19-16-10-15(11-17(20)18(16)21)14-8-6-13(7-9-14)12-4-2-1-3-5-12/h1-10H;6-12H,1-5H2. The van der Waals surface area contributed by atoms with E-state index in [4.69, 9.17) is 0 Å². The summed E-state index contributed by atoms with van der Waals surface area (Å²) >= 11 is 0. The Hall–Kier alpha value is -4.39. The van der Waals surface area contributed by atoms with Gasteiger partial charge in [0.15, 0.2) is 34.9 Å². The Morgan fingerprint density at radius 2 is 0.860 bits per heavy atom. The van der Waals surface area contributed by atoms with Crippen LogP contribution in [0.5, 0.6) is 0 Å². The lowest BCUT2D eigenvalue weighted by Gasteiger charge is -2.22. The molecule has 0 atom stereocenters. The van der Waals surface area contributed by atoms with Gasteiger partial charge in [-0.05, 0) is 82.5 Å². The van der Waals surface area contributed by atoms with Gasteiger partial charge in [0, 0.05) is 5.56 Å². The van der Waals surface area contributed by atoms with E-state index in [1.54, 1.807) is 6.07 Å². The highest BCUT2D eigenvalue weighted by Crippen LogP contribution is 2.34. The Bertz CT molecular complexity index is 1660. The lowest BCUT2D eigenvalue weighted by Crippen LogP contribution is -2.04. The van der Waals surface area contributed by atoms with Crippen molar-refractivity contribution in [1.29, 1.82) is 0 Å². The van der Waals surface area contributed by atoms with Gasteiger partial charge in [-0.25, -0.2) is 30.7 Å². The van der Waals surface area contributed by atoms with Gasteiger partial charge in [-0.15, -0.1) is 0 Å². The van der Waals surface area contributed by atoms with Gasteiger partial charge in [-0.2, -0.15) is 0 Å². The molecule has 0 spiro atoms. The maximum absolute atomic E-state index is 14.2. The smallest absolute Gasteiger partial charge is 0.194 e.